The quantitative estimate of drug-likeness (QED) is 0.577. The molecule has 0 bridgehead atoms. The van der Waals surface area contributed by atoms with E-state index in [1.807, 2.05) is 66.7 Å². The van der Waals surface area contributed by atoms with Crippen LogP contribution in [0.1, 0.15) is 68.6 Å². The molecular formula is C21H32O4. The van der Waals surface area contributed by atoms with Crippen LogP contribution in [-0.4, -0.2) is 18.2 Å². The number of phenols is 1. The lowest BCUT2D eigenvalue weighted by atomic mass is 9.95. The standard InChI is InChI=1S/C17H20O4.2C2H6/c1-5-6-10(2)7-8-12-15(18)14-13(9-21-17(14)19)11(3)16(12)20-4;2*1-2/h5-7,18H,8-9H2,1-4H3;2*1-2H3/b6-5+,10-7+;;. The van der Waals surface area contributed by atoms with Crippen LogP contribution in [0.25, 0.3) is 0 Å². The number of methoxy groups -OCH3 is 1. The van der Waals surface area contributed by atoms with Crippen LogP contribution in [0, 0.1) is 6.92 Å². The van der Waals surface area contributed by atoms with Gasteiger partial charge >= 0.3 is 5.97 Å². The lowest BCUT2D eigenvalue weighted by Crippen LogP contribution is -2.03. The van der Waals surface area contributed by atoms with E-state index in [1.165, 1.54) is 0 Å². The SMILES string of the molecule is C/C=C/C(C)=C/Cc1c(O)c2c(c(C)c1OC)COC2=O.CC.CC. The number of esters is 1. The molecule has 25 heavy (non-hydrogen) atoms. The average molecular weight is 348 g/mol. The number of carbonyl (C=O) groups excluding carboxylic acids is 1. The number of phenolic OH excluding ortho intramolecular Hbond substituents is 1. The molecule has 0 fully saturated rings. The van der Waals surface area contributed by atoms with Crippen LogP contribution in [0.4, 0.5) is 0 Å². The Kier molecular flexibility index (Phi) is 10.3. The molecule has 0 aliphatic carbocycles. The Labute approximate surface area is 152 Å². The second-order valence-electron chi connectivity index (χ2n) is 5.07. The third-order valence-corrected chi connectivity index (χ3v) is 3.71. The van der Waals surface area contributed by atoms with Crippen molar-refractivity contribution in [1.29, 1.82) is 0 Å². The maximum atomic E-state index is 11.8. The van der Waals surface area contributed by atoms with Crippen LogP contribution >= 0.6 is 0 Å². The van der Waals surface area contributed by atoms with E-state index < -0.39 is 5.97 Å². The van der Waals surface area contributed by atoms with E-state index in [2.05, 4.69) is 0 Å². The lowest BCUT2D eigenvalue weighted by Gasteiger charge is -2.15. The number of carbonyl (C=O) groups is 1. The van der Waals surface area contributed by atoms with Gasteiger partial charge in [-0.15, -0.1) is 0 Å². The van der Waals surface area contributed by atoms with Crippen LogP contribution in [0.2, 0.25) is 0 Å². The van der Waals surface area contributed by atoms with Crippen LogP contribution in [0.5, 0.6) is 11.5 Å². The molecule has 0 amide bonds. The van der Waals surface area contributed by atoms with E-state index in [-0.39, 0.29) is 17.9 Å². The van der Waals surface area contributed by atoms with Crippen LogP contribution in [0.3, 0.4) is 0 Å². The molecule has 4 nitrogen and oxygen atoms in total. The number of cyclic esters (lactones) is 1. The Morgan fingerprint density at radius 3 is 2.40 bits per heavy atom. The lowest BCUT2D eigenvalue weighted by molar-refractivity contribution is 0.0533. The second-order valence-corrected chi connectivity index (χ2v) is 5.07. The Balaban J connectivity index is 0.00000134. The van der Waals surface area contributed by atoms with Gasteiger partial charge in [0.2, 0.25) is 0 Å². The van der Waals surface area contributed by atoms with Crippen molar-refractivity contribution in [1.82, 2.24) is 0 Å². The summed E-state index contributed by atoms with van der Waals surface area (Å²) in [6.07, 6.45) is 6.42. The van der Waals surface area contributed by atoms with Crippen LogP contribution < -0.4 is 4.74 Å². The first-order valence-electron chi connectivity index (χ1n) is 8.89. The highest BCUT2D eigenvalue weighted by Gasteiger charge is 2.31. The number of hydrogen-bond acceptors (Lipinski definition) is 4. The Bertz CT molecular complexity index is 640. The Morgan fingerprint density at radius 2 is 1.88 bits per heavy atom. The zero-order valence-electron chi connectivity index (χ0n) is 16.8. The van der Waals surface area contributed by atoms with Crippen molar-refractivity contribution in [3.8, 4) is 11.5 Å². The van der Waals surface area contributed by atoms with E-state index in [0.717, 1.165) is 11.1 Å². The van der Waals surface area contributed by atoms with Crippen LogP contribution in [0.15, 0.2) is 23.8 Å². The Morgan fingerprint density at radius 1 is 1.28 bits per heavy atom. The summed E-state index contributed by atoms with van der Waals surface area (Å²) in [5.74, 6) is 0.122. The summed E-state index contributed by atoms with van der Waals surface area (Å²) in [6, 6.07) is 0. The number of ether oxygens (including phenoxy) is 2. The number of rotatable bonds is 4. The predicted molar refractivity (Wildman–Crippen MR) is 103 cm³/mol. The number of benzene rings is 1. The average Bonchev–Trinajstić information content (AvgIpc) is 3.02. The highest BCUT2D eigenvalue weighted by atomic mass is 16.5. The van der Waals surface area contributed by atoms with E-state index in [9.17, 15) is 9.90 Å². The largest absolute Gasteiger partial charge is 0.507 e. The van der Waals surface area contributed by atoms with Crippen molar-refractivity contribution in [3.63, 3.8) is 0 Å². The Hall–Kier alpha value is -2.23. The summed E-state index contributed by atoms with van der Waals surface area (Å²) >= 11 is 0. The molecule has 0 radical (unpaired) electrons. The molecular weight excluding hydrogens is 316 g/mol. The molecule has 0 unspecified atom stereocenters. The number of fused-ring (bicyclic) bond motifs is 1. The van der Waals surface area contributed by atoms with E-state index in [0.29, 0.717) is 23.3 Å². The summed E-state index contributed by atoms with van der Waals surface area (Å²) < 4.78 is 10.5. The van der Waals surface area contributed by atoms with E-state index >= 15 is 0 Å². The molecule has 1 heterocycles. The van der Waals surface area contributed by atoms with E-state index in [1.54, 1.807) is 7.11 Å². The first-order chi connectivity index (χ1) is 12.0. The summed E-state index contributed by atoms with van der Waals surface area (Å²) in [6.45, 7) is 14.0. The summed E-state index contributed by atoms with van der Waals surface area (Å²) in [5.41, 5.74) is 3.55. The van der Waals surface area contributed by atoms with Crippen molar-refractivity contribution in [2.75, 3.05) is 7.11 Å². The van der Waals surface area contributed by atoms with Gasteiger partial charge in [0.05, 0.1) is 7.11 Å². The minimum Gasteiger partial charge on any atom is -0.507 e. The fourth-order valence-electron chi connectivity index (χ4n) is 2.62. The maximum Gasteiger partial charge on any atom is 0.342 e. The monoisotopic (exact) mass is 348 g/mol. The molecule has 140 valence electrons. The molecule has 1 aliphatic rings. The molecule has 1 aliphatic heterocycles. The molecule has 4 heteroatoms. The first kappa shape index (κ1) is 22.8. The molecule has 0 saturated carbocycles. The summed E-state index contributed by atoms with van der Waals surface area (Å²) in [7, 11) is 1.57. The zero-order chi connectivity index (χ0) is 19.6. The highest BCUT2D eigenvalue weighted by Crippen LogP contribution is 2.41. The van der Waals surface area contributed by atoms with Crippen molar-refractivity contribution in [3.05, 3.63) is 46.1 Å². The third-order valence-electron chi connectivity index (χ3n) is 3.71. The molecule has 0 saturated heterocycles. The highest BCUT2D eigenvalue weighted by molar-refractivity contribution is 5.98. The fourth-order valence-corrected chi connectivity index (χ4v) is 2.62. The fraction of sp³-hybridized carbons (Fsp3) is 0.476. The van der Waals surface area contributed by atoms with Gasteiger partial charge in [-0.05, 0) is 32.8 Å². The molecule has 0 aromatic heterocycles. The molecule has 1 N–H and O–H groups in total. The zero-order valence-corrected chi connectivity index (χ0v) is 16.8. The van der Waals surface area contributed by atoms with Gasteiger partial charge in [-0.25, -0.2) is 4.79 Å². The van der Waals surface area contributed by atoms with Gasteiger partial charge in [0, 0.05) is 11.1 Å². The minimum atomic E-state index is -0.469. The number of aromatic hydroxyl groups is 1. The molecule has 0 spiro atoms. The molecule has 2 rings (SSSR count). The minimum absolute atomic E-state index is 0.0283. The second kappa shape index (κ2) is 11.3. The van der Waals surface area contributed by atoms with Gasteiger partial charge in [0.15, 0.2) is 0 Å². The summed E-state index contributed by atoms with van der Waals surface area (Å²) in [4.78, 5) is 11.8. The van der Waals surface area contributed by atoms with Gasteiger partial charge in [0.25, 0.3) is 0 Å². The van der Waals surface area contributed by atoms with Crippen molar-refractivity contribution in [2.45, 2.75) is 61.5 Å². The normalized spacial score (nSPS) is 12.6. The van der Waals surface area contributed by atoms with Crippen LogP contribution in [-0.2, 0) is 17.8 Å². The summed E-state index contributed by atoms with van der Waals surface area (Å²) in [5, 5.41) is 10.4. The van der Waals surface area contributed by atoms with Gasteiger partial charge < -0.3 is 14.6 Å². The molecule has 1 aromatic carbocycles. The molecule has 1 aromatic rings. The number of hydrogen-bond donors (Lipinski definition) is 1. The van der Waals surface area contributed by atoms with Gasteiger partial charge in [-0.3, -0.25) is 0 Å². The van der Waals surface area contributed by atoms with E-state index in [4.69, 9.17) is 9.47 Å². The smallest absolute Gasteiger partial charge is 0.342 e. The molecule has 0 atom stereocenters. The topological polar surface area (TPSA) is 55.8 Å². The van der Waals surface area contributed by atoms with Crippen molar-refractivity contribution >= 4 is 5.97 Å². The first-order valence-corrected chi connectivity index (χ1v) is 8.89. The van der Waals surface area contributed by atoms with Gasteiger partial charge in [-0.2, -0.15) is 0 Å². The number of allylic oxidation sites excluding steroid dienone is 4. The third kappa shape index (κ3) is 5.12. The van der Waals surface area contributed by atoms with Gasteiger partial charge in [-0.1, -0.05) is 51.5 Å². The van der Waals surface area contributed by atoms with Crippen molar-refractivity contribution in [2.24, 2.45) is 0 Å². The predicted octanol–water partition coefficient (Wildman–Crippen LogP) is 5.50. The maximum absolute atomic E-state index is 11.8. The van der Waals surface area contributed by atoms with Gasteiger partial charge in [0.1, 0.15) is 23.7 Å². The van der Waals surface area contributed by atoms with Crippen molar-refractivity contribution < 1.29 is 19.4 Å².